The number of piperazine rings is 1. The Labute approximate surface area is 146 Å². The molecule has 0 bridgehead atoms. The fourth-order valence-electron chi connectivity index (χ4n) is 3.13. The third-order valence-corrected chi connectivity index (χ3v) is 4.39. The van der Waals surface area contributed by atoms with Gasteiger partial charge in [0.25, 0.3) is 0 Å². The molecule has 1 heterocycles. The summed E-state index contributed by atoms with van der Waals surface area (Å²) in [5.41, 5.74) is -0.410. The largest absolute Gasteiger partial charge is 0.417 e. The van der Waals surface area contributed by atoms with E-state index in [1.165, 1.54) is 6.07 Å². The Kier molecular flexibility index (Phi) is 6.79. The van der Waals surface area contributed by atoms with Gasteiger partial charge < -0.3 is 5.32 Å². The number of benzene rings is 1. The first kappa shape index (κ1) is 20.6. The van der Waals surface area contributed by atoms with Crippen molar-refractivity contribution in [1.29, 1.82) is 0 Å². The molecule has 132 valence electrons. The maximum Gasteiger partial charge on any atom is 0.417 e. The number of hydrogen-bond donors (Lipinski definition) is 1. The highest BCUT2D eigenvalue weighted by molar-refractivity contribution is 6.32. The first-order valence-corrected chi connectivity index (χ1v) is 7.80. The Morgan fingerprint density at radius 2 is 1.70 bits per heavy atom. The molecule has 1 aromatic carbocycles. The van der Waals surface area contributed by atoms with E-state index in [1.54, 1.807) is 6.07 Å². The number of alkyl halides is 3. The number of rotatable bonds is 2. The van der Waals surface area contributed by atoms with Gasteiger partial charge >= 0.3 is 6.18 Å². The lowest BCUT2D eigenvalue weighted by Gasteiger charge is -2.43. The van der Waals surface area contributed by atoms with Crippen LogP contribution in [0.3, 0.4) is 0 Å². The highest BCUT2D eigenvalue weighted by Crippen LogP contribution is 2.44. The molecule has 1 N–H and O–H groups in total. The summed E-state index contributed by atoms with van der Waals surface area (Å²) in [5.74, 6) is 0. The summed E-state index contributed by atoms with van der Waals surface area (Å²) in [6.45, 7) is 9.39. The standard InChI is InChI=1S/C16H22ClF3N2.ClH/c1-15(2,3)14(22-9-7-21-8-10-22)11-5-4-6-12(13(11)17)16(18,19)20;/h4-6,14,21H,7-10H2,1-3H3;1H/t14-;/m1./s1. The van der Waals surface area contributed by atoms with Crippen LogP contribution in [-0.2, 0) is 6.18 Å². The van der Waals surface area contributed by atoms with Crippen LogP contribution >= 0.6 is 24.0 Å². The number of halogens is 5. The molecule has 0 unspecified atom stereocenters. The Bertz CT molecular complexity index is 521. The maximum absolute atomic E-state index is 13.1. The first-order valence-electron chi connectivity index (χ1n) is 7.43. The van der Waals surface area contributed by atoms with Crippen molar-refractivity contribution in [1.82, 2.24) is 10.2 Å². The van der Waals surface area contributed by atoms with Gasteiger partial charge in [-0.3, -0.25) is 4.90 Å². The second-order valence-electron chi connectivity index (χ2n) is 6.76. The minimum absolute atomic E-state index is 0. The van der Waals surface area contributed by atoms with Crippen LogP contribution in [0.25, 0.3) is 0 Å². The van der Waals surface area contributed by atoms with Crippen LogP contribution in [0.15, 0.2) is 18.2 Å². The predicted octanol–water partition coefficient (Wildman–Crippen LogP) is 4.77. The van der Waals surface area contributed by atoms with E-state index in [0.29, 0.717) is 5.56 Å². The number of nitrogens with zero attached hydrogens (tertiary/aromatic N) is 1. The minimum Gasteiger partial charge on any atom is -0.314 e. The van der Waals surface area contributed by atoms with Crippen molar-refractivity contribution < 1.29 is 13.2 Å². The molecule has 23 heavy (non-hydrogen) atoms. The quantitative estimate of drug-likeness (QED) is 0.806. The summed E-state index contributed by atoms with van der Waals surface area (Å²) in [5, 5.41) is 3.10. The van der Waals surface area contributed by atoms with Crippen molar-refractivity contribution in [2.75, 3.05) is 26.2 Å². The van der Waals surface area contributed by atoms with Gasteiger partial charge in [-0.1, -0.05) is 44.5 Å². The molecule has 0 amide bonds. The summed E-state index contributed by atoms with van der Waals surface area (Å²) >= 11 is 6.15. The molecular formula is C16H23Cl2F3N2. The van der Waals surface area contributed by atoms with E-state index < -0.39 is 11.7 Å². The van der Waals surface area contributed by atoms with Gasteiger partial charge in [0.05, 0.1) is 10.6 Å². The Balaban J connectivity index is 0.00000264. The minimum atomic E-state index is -4.43. The number of hydrogen-bond acceptors (Lipinski definition) is 2. The summed E-state index contributed by atoms with van der Waals surface area (Å²) in [4.78, 5) is 2.22. The van der Waals surface area contributed by atoms with Gasteiger partial charge in [0, 0.05) is 32.2 Å². The smallest absolute Gasteiger partial charge is 0.314 e. The lowest BCUT2D eigenvalue weighted by molar-refractivity contribution is -0.137. The van der Waals surface area contributed by atoms with Crippen molar-refractivity contribution in [2.45, 2.75) is 33.0 Å². The topological polar surface area (TPSA) is 15.3 Å². The van der Waals surface area contributed by atoms with E-state index in [2.05, 4.69) is 10.2 Å². The molecule has 1 fully saturated rings. The second-order valence-corrected chi connectivity index (χ2v) is 7.14. The molecule has 0 radical (unpaired) electrons. The molecule has 7 heteroatoms. The average Bonchev–Trinajstić information content (AvgIpc) is 2.39. The highest BCUT2D eigenvalue weighted by Gasteiger charge is 2.38. The monoisotopic (exact) mass is 370 g/mol. The van der Waals surface area contributed by atoms with Gasteiger partial charge in [-0.05, 0) is 17.0 Å². The normalized spacial score (nSPS) is 18.4. The third-order valence-electron chi connectivity index (χ3n) is 3.97. The van der Waals surface area contributed by atoms with Gasteiger partial charge in [0.2, 0.25) is 0 Å². The predicted molar refractivity (Wildman–Crippen MR) is 90.3 cm³/mol. The van der Waals surface area contributed by atoms with Gasteiger partial charge in [-0.2, -0.15) is 13.2 Å². The molecule has 1 atom stereocenters. The second kappa shape index (κ2) is 7.60. The third kappa shape index (κ3) is 4.75. The maximum atomic E-state index is 13.1. The van der Waals surface area contributed by atoms with Crippen molar-refractivity contribution >= 4 is 24.0 Å². The van der Waals surface area contributed by atoms with E-state index in [-0.39, 0.29) is 28.9 Å². The van der Waals surface area contributed by atoms with E-state index in [1.807, 2.05) is 20.8 Å². The van der Waals surface area contributed by atoms with E-state index in [4.69, 9.17) is 11.6 Å². The molecule has 0 aliphatic carbocycles. The SMILES string of the molecule is CC(C)(C)[C@@H](c1cccc(C(F)(F)F)c1Cl)N1CCNCC1.Cl. The molecule has 1 aromatic rings. The zero-order chi connectivity index (χ0) is 16.5. The molecule has 2 rings (SSSR count). The van der Waals surface area contributed by atoms with Crippen LogP contribution in [0.4, 0.5) is 13.2 Å². The zero-order valence-corrected chi connectivity index (χ0v) is 15.1. The summed E-state index contributed by atoms with van der Waals surface area (Å²) in [6, 6.07) is 4.06. The molecule has 1 aliphatic heterocycles. The summed E-state index contributed by atoms with van der Waals surface area (Å²) < 4.78 is 39.4. The number of nitrogens with one attached hydrogen (secondary N) is 1. The van der Waals surface area contributed by atoms with Gasteiger partial charge in [-0.15, -0.1) is 12.4 Å². The fourth-order valence-corrected chi connectivity index (χ4v) is 3.47. The molecular weight excluding hydrogens is 348 g/mol. The molecule has 0 aromatic heterocycles. The Morgan fingerprint density at radius 1 is 1.13 bits per heavy atom. The van der Waals surface area contributed by atoms with Gasteiger partial charge in [0.1, 0.15) is 0 Å². The first-order chi connectivity index (χ1) is 10.1. The lowest BCUT2D eigenvalue weighted by atomic mass is 9.80. The molecule has 1 aliphatic rings. The van der Waals surface area contributed by atoms with E-state index in [9.17, 15) is 13.2 Å². The van der Waals surface area contributed by atoms with Crippen molar-refractivity contribution in [3.05, 3.63) is 34.3 Å². The van der Waals surface area contributed by atoms with Crippen molar-refractivity contribution in [2.24, 2.45) is 5.41 Å². The van der Waals surface area contributed by atoms with Crippen LogP contribution in [0.5, 0.6) is 0 Å². The Hall–Kier alpha value is -0.490. The van der Waals surface area contributed by atoms with Crippen LogP contribution in [0, 0.1) is 5.41 Å². The molecule has 1 saturated heterocycles. The zero-order valence-electron chi connectivity index (χ0n) is 13.5. The van der Waals surface area contributed by atoms with E-state index >= 15 is 0 Å². The van der Waals surface area contributed by atoms with E-state index in [0.717, 1.165) is 32.2 Å². The van der Waals surface area contributed by atoms with Crippen molar-refractivity contribution in [3.63, 3.8) is 0 Å². The highest BCUT2D eigenvalue weighted by atomic mass is 35.5. The van der Waals surface area contributed by atoms with Crippen LogP contribution < -0.4 is 5.32 Å². The van der Waals surface area contributed by atoms with Gasteiger partial charge in [-0.25, -0.2) is 0 Å². The van der Waals surface area contributed by atoms with Crippen molar-refractivity contribution in [3.8, 4) is 0 Å². The fraction of sp³-hybridized carbons (Fsp3) is 0.625. The summed E-state index contributed by atoms with van der Waals surface area (Å²) in [7, 11) is 0. The summed E-state index contributed by atoms with van der Waals surface area (Å²) in [6.07, 6.45) is -4.43. The van der Waals surface area contributed by atoms with Gasteiger partial charge in [0.15, 0.2) is 0 Å². The van der Waals surface area contributed by atoms with Crippen LogP contribution in [0.1, 0.15) is 37.9 Å². The average molecular weight is 371 g/mol. The van der Waals surface area contributed by atoms with Crippen LogP contribution in [0.2, 0.25) is 5.02 Å². The lowest BCUT2D eigenvalue weighted by Crippen LogP contribution is -2.48. The molecule has 0 spiro atoms. The molecule has 0 saturated carbocycles. The molecule has 2 nitrogen and oxygen atoms in total. The Morgan fingerprint density at radius 3 is 2.17 bits per heavy atom. The van der Waals surface area contributed by atoms with Crippen LogP contribution in [-0.4, -0.2) is 31.1 Å².